The molecule has 1 aliphatic heterocycles. The number of urea groups is 1. The lowest BCUT2D eigenvalue weighted by Gasteiger charge is -2.34. The van der Waals surface area contributed by atoms with Gasteiger partial charge in [-0.25, -0.2) is 32.0 Å². The Morgan fingerprint density at radius 1 is 1.21 bits per heavy atom. The molecule has 0 spiro atoms. The van der Waals surface area contributed by atoms with Crippen LogP contribution in [0.4, 0.5) is 25.1 Å². The number of hydrogen-bond acceptors (Lipinski definition) is 8. The standard InChI is InChI=1S/C28H27ClF2N6O4S/c1-17-16-41-11-10-37(17)25-13-23(28(8-9-28)42(39,40)22-7-2-18(14-32)12-21(22)29)35-26(36-25)19-3-5-20(6-4-19)34-27(38)33-15-24(30)31/h2-7,12-13,17,24H,8-11,15-16H2,1H3,(H2,33,34,38)/t17-/m0/s1. The zero-order valence-corrected chi connectivity index (χ0v) is 24.1. The van der Waals surface area contributed by atoms with Crippen molar-refractivity contribution in [1.29, 1.82) is 5.26 Å². The Kier molecular flexibility index (Phi) is 8.32. The summed E-state index contributed by atoms with van der Waals surface area (Å²) in [5.74, 6) is 0.828. The van der Waals surface area contributed by atoms with Crippen LogP contribution in [0.15, 0.2) is 53.4 Å². The van der Waals surface area contributed by atoms with Gasteiger partial charge in [0.2, 0.25) is 0 Å². The average molecular weight is 617 g/mol. The monoisotopic (exact) mass is 616 g/mol. The van der Waals surface area contributed by atoms with E-state index in [4.69, 9.17) is 26.3 Å². The molecule has 42 heavy (non-hydrogen) atoms. The zero-order chi connectivity index (χ0) is 30.1. The van der Waals surface area contributed by atoms with E-state index in [9.17, 15) is 27.3 Å². The van der Waals surface area contributed by atoms with Crippen molar-refractivity contribution in [3.63, 3.8) is 0 Å². The SMILES string of the molecule is C[C@H]1COCCN1c1cc(C2(S(=O)(=O)c3ccc(C#N)cc3Cl)CC2)nc(-c2ccc(NC(=O)NCC(F)F)cc2)n1. The molecule has 2 N–H and O–H groups in total. The van der Waals surface area contributed by atoms with Crippen molar-refractivity contribution in [3.8, 4) is 17.5 Å². The maximum atomic E-state index is 14.0. The molecule has 14 heteroatoms. The van der Waals surface area contributed by atoms with Crippen LogP contribution in [-0.2, 0) is 19.3 Å². The van der Waals surface area contributed by atoms with Gasteiger partial charge in [-0.15, -0.1) is 0 Å². The van der Waals surface area contributed by atoms with E-state index in [0.29, 0.717) is 55.4 Å². The van der Waals surface area contributed by atoms with Gasteiger partial charge in [0.1, 0.15) is 10.6 Å². The first-order chi connectivity index (χ1) is 20.0. The van der Waals surface area contributed by atoms with Gasteiger partial charge in [-0.3, -0.25) is 0 Å². The molecule has 1 saturated heterocycles. The van der Waals surface area contributed by atoms with E-state index in [1.165, 1.54) is 18.2 Å². The molecular weight excluding hydrogens is 590 g/mol. The van der Waals surface area contributed by atoms with Crippen molar-refractivity contribution in [2.75, 3.05) is 36.5 Å². The highest BCUT2D eigenvalue weighted by Crippen LogP contribution is 2.56. The minimum absolute atomic E-state index is 0.0209. The molecule has 3 aromatic rings. The first kappa shape index (κ1) is 29.6. The van der Waals surface area contributed by atoms with Gasteiger partial charge < -0.3 is 20.3 Å². The molecule has 1 saturated carbocycles. The third kappa shape index (κ3) is 5.88. The quantitative estimate of drug-likeness (QED) is 0.370. The third-order valence-electron chi connectivity index (χ3n) is 7.23. The van der Waals surface area contributed by atoms with E-state index in [1.54, 1.807) is 30.3 Å². The molecule has 0 radical (unpaired) electrons. The summed E-state index contributed by atoms with van der Waals surface area (Å²) >= 11 is 6.34. The van der Waals surface area contributed by atoms with Gasteiger partial charge in [0.05, 0.1) is 53.0 Å². The summed E-state index contributed by atoms with van der Waals surface area (Å²) in [6.07, 6.45) is -2.01. The first-order valence-corrected chi connectivity index (χ1v) is 15.0. The summed E-state index contributed by atoms with van der Waals surface area (Å²) in [5.41, 5.74) is 1.50. The van der Waals surface area contributed by atoms with Crippen molar-refractivity contribution in [2.45, 2.75) is 41.9 Å². The number of anilines is 2. The number of carbonyl (C=O) groups is 1. The summed E-state index contributed by atoms with van der Waals surface area (Å²) in [6, 6.07) is 13.4. The number of hydrogen-bond donors (Lipinski definition) is 2. The average Bonchev–Trinajstić information content (AvgIpc) is 3.79. The van der Waals surface area contributed by atoms with E-state index < -0.39 is 33.6 Å². The summed E-state index contributed by atoms with van der Waals surface area (Å²) in [7, 11) is -4.01. The fourth-order valence-corrected chi connectivity index (χ4v) is 7.32. The minimum atomic E-state index is -4.01. The van der Waals surface area contributed by atoms with E-state index in [-0.39, 0.29) is 27.3 Å². The molecule has 220 valence electrons. The van der Waals surface area contributed by atoms with Gasteiger partial charge in [-0.2, -0.15) is 5.26 Å². The Balaban J connectivity index is 1.53. The molecule has 5 rings (SSSR count). The zero-order valence-electron chi connectivity index (χ0n) is 22.5. The Hall–Kier alpha value is -3.86. The minimum Gasteiger partial charge on any atom is -0.377 e. The van der Waals surface area contributed by atoms with Crippen LogP contribution in [0.2, 0.25) is 5.02 Å². The van der Waals surface area contributed by atoms with Gasteiger partial charge in [0, 0.05) is 23.9 Å². The second kappa shape index (κ2) is 11.8. The lowest BCUT2D eigenvalue weighted by Crippen LogP contribution is -2.44. The summed E-state index contributed by atoms with van der Waals surface area (Å²) in [6.45, 7) is 2.73. The second-order valence-electron chi connectivity index (χ2n) is 10.1. The number of sulfone groups is 1. The largest absolute Gasteiger partial charge is 0.377 e. The molecule has 2 aliphatic rings. The number of ether oxygens (including phenoxy) is 1. The number of nitrogens with one attached hydrogen (secondary N) is 2. The smallest absolute Gasteiger partial charge is 0.319 e. The number of morpholine rings is 1. The van der Waals surface area contributed by atoms with Crippen molar-refractivity contribution in [1.82, 2.24) is 15.3 Å². The van der Waals surface area contributed by atoms with Gasteiger partial charge in [-0.1, -0.05) is 11.6 Å². The van der Waals surface area contributed by atoms with E-state index in [0.717, 1.165) is 0 Å². The molecule has 2 fully saturated rings. The molecule has 0 bridgehead atoms. The van der Waals surface area contributed by atoms with Crippen LogP contribution >= 0.6 is 11.6 Å². The van der Waals surface area contributed by atoms with Gasteiger partial charge in [0.25, 0.3) is 6.43 Å². The highest BCUT2D eigenvalue weighted by atomic mass is 35.5. The topological polar surface area (TPSA) is 137 Å². The van der Waals surface area contributed by atoms with Crippen LogP contribution in [0.5, 0.6) is 0 Å². The fourth-order valence-electron chi connectivity index (χ4n) is 4.83. The molecular formula is C28H27ClF2N6O4S. The van der Waals surface area contributed by atoms with Crippen molar-refractivity contribution in [2.24, 2.45) is 0 Å². The van der Waals surface area contributed by atoms with Crippen LogP contribution < -0.4 is 15.5 Å². The van der Waals surface area contributed by atoms with Crippen molar-refractivity contribution in [3.05, 3.63) is 64.8 Å². The van der Waals surface area contributed by atoms with Gasteiger partial charge >= 0.3 is 6.03 Å². The molecule has 2 aromatic carbocycles. The molecule has 0 unspecified atom stereocenters. The highest BCUT2D eigenvalue weighted by Gasteiger charge is 2.58. The van der Waals surface area contributed by atoms with E-state index >= 15 is 0 Å². The summed E-state index contributed by atoms with van der Waals surface area (Å²) < 4.78 is 57.1. The Bertz CT molecular complexity index is 1650. The number of aromatic nitrogens is 2. The lowest BCUT2D eigenvalue weighted by molar-refractivity contribution is 0.0985. The fraction of sp³-hybridized carbons (Fsp3) is 0.357. The number of amides is 2. The van der Waals surface area contributed by atoms with E-state index in [2.05, 4.69) is 10.6 Å². The predicted octanol–water partition coefficient (Wildman–Crippen LogP) is 4.74. The number of carbonyl (C=O) groups excluding carboxylic acids is 1. The molecule has 1 atom stereocenters. The number of nitriles is 1. The summed E-state index contributed by atoms with van der Waals surface area (Å²) in [4.78, 5) is 23.3. The maximum Gasteiger partial charge on any atom is 0.319 e. The normalized spacial score (nSPS) is 17.9. The van der Waals surface area contributed by atoms with Crippen molar-refractivity contribution >= 4 is 39.0 Å². The van der Waals surface area contributed by atoms with Gasteiger partial charge in [-0.05, 0) is 62.2 Å². The predicted molar refractivity (Wildman–Crippen MR) is 152 cm³/mol. The van der Waals surface area contributed by atoms with E-state index in [1.807, 2.05) is 17.9 Å². The lowest BCUT2D eigenvalue weighted by atomic mass is 10.1. The Morgan fingerprint density at radius 2 is 1.95 bits per heavy atom. The number of benzene rings is 2. The van der Waals surface area contributed by atoms with Gasteiger partial charge in [0.15, 0.2) is 15.7 Å². The molecule has 1 aliphatic carbocycles. The van der Waals surface area contributed by atoms with Crippen LogP contribution in [0.25, 0.3) is 11.4 Å². The van der Waals surface area contributed by atoms with Crippen LogP contribution in [0.3, 0.4) is 0 Å². The molecule has 1 aromatic heterocycles. The third-order valence-corrected chi connectivity index (χ3v) is 10.2. The van der Waals surface area contributed by atoms with Crippen LogP contribution in [-0.4, -0.2) is 63.2 Å². The number of rotatable bonds is 8. The van der Waals surface area contributed by atoms with Crippen LogP contribution in [0, 0.1) is 11.3 Å². The number of nitrogens with zero attached hydrogens (tertiary/aromatic N) is 4. The maximum absolute atomic E-state index is 14.0. The van der Waals surface area contributed by atoms with Crippen molar-refractivity contribution < 1.29 is 26.7 Å². The Morgan fingerprint density at radius 3 is 2.57 bits per heavy atom. The number of alkyl halides is 2. The summed E-state index contributed by atoms with van der Waals surface area (Å²) in [5, 5.41) is 13.7. The molecule has 10 nitrogen and oxygen atoms in total. The van der Waals surface area contributed by atoms with Crippen LogP contribution in [0.1, 0.15) is 31.0 Å². The second-order valence-corrected chi connectivity index (χ2v) is 12.7. The number of halogens is 3. The molecule has 2 heterocycles. The first-order valence-electron chi connectivity index (χ1n) is 13.2. The Labute approximate surface area is 246 Å². The molecule has 2 amide bonds. The highest BCUT2D eigenvalue weighted by molar-refractivity contribution is 7.92.